The van der Waals surface area contributed by atoms with E-state index >= 15 is 0 Å². The number of nitrogens with one attached hydrogen (secondary N) is 1. The summed E-state index contributed by atoms with van der Waals surface area (Å²) < 4.78 is 0. The lowest BCUT2D eigenvalue weighted by Gasteiger charge is -2.32. The van der Waals surface area contributed by atoms with Crippen LogP contribution < -0.4 is 0 Å². The summed E-state index contributed by atoms with van der Waals surface area (Å²) in [6.45, 7) is 2.13. The Morgan fingerprint density at radius 3 is 2.18 bits per heavy atom. The number of H-pyrrole nitrogens is 1. The predicted molar refractivity (Wildman–Crippen MR) is 133 cm³/mol. The lowest BCUT2D eigenvalue weighted by atomic mass is 9.92. The molecule has 6 rings (SSSR count). The summed E-state index contributed by atoms with van der Waals surface area (Å²) in [6, 6.07) is 36.9. The predicted octanol–water partition coefficient (Wildman–Crippen LogP) is 7.14. The number of carbonyl (C=O) groups excluding carboxylic acids is 1. The minimum atomic E-state index is -0.185. The van der Waals surface area contributed by atoms with Crippen molar-refractivity contribution in [3.8, 4) is 11.3 Å². The van der Waals surface area contributed by atoms with Gasteiger partial charge in [0.15, 0.2) is 0 Å². The molecule has 1 aliphatic heterocycles. The van der Waals surface area contributed by atoms with Crippen LogP contribution in [0.2, 0.25) is 0 Å². The Morgan fingerprint density at radius 1 is 0.758 bits per heavy atom. The second kappa shape index (κ2) is 7.79. The molecular formula is C30H24N2O. The molecule has 4 aromatic carbocycles. The first-order chi connectivity index (χ1) is 16.2. The Morgan fingerprint density at radius 2 is 1.39 bits per heavy atom. The maximum absolute atomic E-state index is 13.8. The fourth-order valence-electron chi connectivity index (χ4n) is 5.20. The summed E-state index contributed by atoms with van der Waals surface area (Å²) in [5.74, 6) is 0.0799. The van der Waals surface area contributed by atoms with E-state index in [-0.39, 0.29) is 18.0 Å². The highest BCUT2D eigenvalue weighted by atomic mass is 16.2. The lowest BCUT2D eigenvalue weighted by molar-refractivity contribution is 0.0678. The zero-order valence-electron chi connectivity index (χ0n) is 18.4. The van der Waals surface area contributed by atoms with Gasteiger partial charge < -0.3 is 9.88 Å². The van der Waals surface area contributed by atoms with E-state index in [1.807, 2.05) is 42.5 Å². The van der Waals surface area contributed by atoms with E-state index in [0.29, 0.717) is 0 Å². The van der Waals surface area contributed by atoms with E-state index in [1.165, 1.54) is 0 Å². The second-order valence-electron chi connectivity index (χ2n) is 8.61. The molecule has 1 amide bonds. The highest BCUT2D eigenvalue weighted by Crippen LogP contribution is 2.48. The molecule has 3 nitrogen and oxygen atoms in total. The van der Waals surface area contributed by atoms with Crippen LogP contribution in [0.15, 0.2) is 109 Å². The zero-order valence-corrected chi connectivity index (χ0v) is 18.4. The molecule has 5 aromatic rings. The molecule has 0 saturated carbocycles. The van der Waals surface area contributed by atoms with Crippen LogP contribution in [0, 0.1) is 0 Å². The van der Waals surface area contributed by atoms with Gasteiger partial charge in [-0.1, -0.05) is 97.1 Å². The third-order valence-corrected chi connectivity index (χ3v) is 6.78. The minimum Gasteiger partial charge on any atom is -0.354 e. The number of carbonyl (C=O) groups is 1. The van der Waals surface area contributed by atoms with Crippen LogP contribution in [0.4, 0.5) is 0 Å². The van der Waals surface area contributed by atoms with E-state index in [2.05, 4.69) is 83.5 Å². The van der Waals surface area contributed by atoms with Crippen molar-refractivity contribution >= 4 is 16.8 Å². The number of rotatable bonds is 4. The SMILES string of the molecule is CC(c1ccccc1)N1C(=O)c2ccccc2C1c1c(-c2ccccc2)[nH]c2ccccc12. The van der Waals surface area contributed by atoms with Gasteiger partial charge >= 0.3 is 0 Å². The number of amides is 1. The number of benzene rings is 4. The number of hydrogen-bond donors (Lipinski definition) is 1. The number of para-hydroxylation sites is 1. The maximum Gasteiger partial charge on any atom is 0.255 e. The minimum absolute atomic E-state index is 0.0756. The lowest BCUT2D eigenvalue weighted by Crippen LogP contribution is -2.31. The van der Waals surface area contributed by atoms with Gasteiger partial charge in [0, 0.05) is 22.0 Å². The zero-order chi connectivity index (χ0) is 22.4. The number of nitrogens with zero attached hydrogens (tertiary/aromatic N) is 1. The van der Waals surface area contributed by atoms with Gasteiger partial charge in [0.05, 0.1) is 17.8 Å². The normalized spacial score (nSPS) is 16.2. The highest BCUT2D eigenvalue weighted by Gasteiger charge is 2.42. The molecule has 0 spiro atoms. The van der Waals surface area contributed by atoms with Crippen LogP contribution in [-0.4, -0.2) is 15.8 Å². The summed E-state index contributed by atoms with van der Waals surface area (Å²) in [5.41, 5.74) is 7.39. The number of aromatic nitrogens is 1. The molecule has 1 aliphatic rings. The molecular weight excluding hydrogens is 404 g/mol. The fourth-order valence-corrected chi connectivity index (χ4v) is 5.20. The number of hydrogen-bond acceptors (Lipinski definition) is 1. The molecule has 0 radical (unpaired) electrons. The Kier molecular flexibility index (Phi) is 4.62. The van der Waals surface area contributed by atoms with E-state index in [4.69, 9.17) is 0 Å². The Bertz CT molecular complexity index is 1450. The molecule has 0 fully saturated rings. The summed E-state index contributed by atoms with van der Waals surface area (Å²) >= 11 is 0. The molecule has 33 heavy (non-hydrogen) atoms. The smallest absolute Gasteiger partial charge is 0.255 e. The van der Waals surface area contributed by atoms with Gasteiger partial charge in [-0.2, -0.15) is 0 Å². The van der Waals surface area contributed by atoms with Crippen molar-refractivity contribution in [2.24, 2.45) is 0 Å². The van der Waals surface area contributed by atoms with E-state index < -0.39 is 0 Å². The van der Waals surface area contributed by atoms with Crippen LogP contribution in [0.1, 0.15) is 46.1 Å². The third-order valence-electron chi connectivity index (χ3n) is 6.78. The summed E-state index contributed by atoms with van der Waals surface area (Å²) in [7, 11) is 0. The Balaban J connectivity index is 1.63. The first-order valence-corrected chi connectivity index (χ1v) is 11.4. The van der Waals surface area contributed by atoms with E-state index in [0.717, 1.165) is 44.4 Å². The van der Waals surface area contributed by atoms with Crippen LogP contribution in [-0.2, 0) is 0 Å². The van der Waals surface area contributed by atoms with E-state index in [1.54, 1.807) is 0 Å². The van der Waals surface area contributed by atoms with Gasteiger partial charge in [-0.05, 0) is 35.7 Å². The molecule has 2 atom stereocenters. The van der Waals surface area contributed by atoms with Crippen molar-refractivity contribution in [3.05, 3.63) is 131 Å². The average molecular weight is 429 g/mol. The molecule has 2 heterocycles. The molecule has 3 heteroatoms. The number of fused-ring (bicyclic) bond motifs is 2. The van der Waals surface area contributed by atoms with Crippen molar-refractivity contribution in [1.82, 2.24) is 9.88 Å². The van der Waals surface area contributed by atoms with Crippen molar-refractivity contribution in [2.75, 3.05) is 0 Å². The van der Waals surface area contributed by atoms with Gasteiger partial charge in [0.1, 0.15) is 0 Å². The first-order valence-electron chi connectivity index (χ1n) is 11.4. The Hall–Kier alpha value is -4.11. The monoisotopic (exact) mass is 428 g/mol. The molecule has 160 valence electrons. The molecule has 1 aromatic heterocycles. The topological polar surface area (TPSA) is 36.1 Å². The largest absolute Gasteiger partial charge is 0.354 e. The second-order valence-corrected chi connectivity index (χ2v) is 8.61. The fraction of sp³-hybridized carbons (Fsp3) is 0.100. The summed E-state index contributed by atoms with van der Waals surface area (Å²) in [5, 5.41) is 1.15. The van der Waals surface area contributed by atoms with Crippen molar-refractivity contribution < 1.29 is 4.79 Å². The average Bonchev–Trinajstić information content (AvgIpc) is 3.40. The van der Waals surface area contributed by atoms with Crippen molar-refractivity contribution in [1.29, 1.82) is 0 Å². The summed E-state index contributed by atoms with van der Waals surface area (Å²) in [4.78, 5) is 19.5. The van der Waals surface area contributed by atoms with Crippen LogP contribution in [0.25, 0.3) is 22.2 Å². The van der Waals surface area contributed by atoms with E-state index in [9.17, 15) is 4.79 Å². The van der Waals surface area contributed by atoms with Gasteiger partial charge in [-0.3, -0.25) is 4.79 Å². The van der Waals surface area contributed by atoms with Gasteiger partial charge in [-0.15, -0.1) is 0 Å². The first kappa shape index (κ1) is 19.6. The standard InChI is InChI=1S/C30H24N2O/c1-20(21-12-4-2-5-13-21)32-29(23-16-8-9-17-24(23)30(32)33)27-25-18-10-11-19-26(25)31-28(27)22-14-6-3-7-15-22/h2-20,29,31H,1H3. The number of aromatic amines is 1. The van der Waals surface area contributed by atoms with Crippen molar-refractivity contribution in [3.63, 3.8) is 0 Å². The van der Waals surface area contributed by atoms with Gasteiger partial charge in [-0.25, -0.2) is 0 Å². The highest BCUT2D eigenvalue weighted by molar-refractivity contribution is 6.02. The third kappa shape index (κ3) is 3.08. The Labute approximate surface area is 193 Å². The van der Waals surface area contributed by atoms with Crippen LogP contribution in [0.3, 0.4) is 0 Å². The quantitative estimate of drug-likeness (QED) is 0.324. The molecule has 1 N–H and O–H groups in total. The molecule has 0 bridgehead atoms. The van der Waals surface area contributed by atoms with Crippen LogP contribution in [0.5, 0.6) is 0 Å². The molecule has 0 saturated heterocycles. The van der Waals surface area contributed by atoms with Gasteiger partial charge in [0.25, 0.3) is 5.91 Å². The van der Waals surface area contributed by atoms with Gasteiger partial charge in [0.2, 0.25) is 0 Å². The molecule has 0 aliphatic carbocycles. The van der Waals surface area contributed by atoms with Crippen molar-refractivity contribution in [2.45, 2.75) is 19.0 Å². The maximum atomic E-state index is 13.8. The molecule has 2 unspecified atom stereocenters. The summed E-state index contributed by atoms with van der Waals surface area (Å²) in [6.07, 6.45) is 0. The van der Waals surface area contributed by atoms with Crippen LogP contribution >= 0.6 is 0 Å².